The number of thiazole rings is 1. The Balaban J connectivity index is 1.89. The predicted molar refractivity (Wildman–Crippen MR) is 84.6 cm³/mol. The number of amides is 1. The molecule has 3 N–H and O–H groups in total. The average molecular weight is 313 g/mol. The summed E-state index contributed by atoms with van der Waals surface area (Å²) in [6.45, 7) is 0. The van der Waals surface area contributed by atoms with Gasteiger partial charge in [0.05, 0.1) is 22.9 Å². The number of nitrogens with two attached hydrogens (primary N) is 1. The van der Waals surface area contributed by atoms with Gasteiger partial charge in [-0.15, -0.1) is 0 Å². The molecule has 0 fully saturated rings. The van der Waals surface area contributed by atoms with Gasteiger partial charge in [-0.2, -0.15) is 5.53 Å². The standard InChI is InChI=1S/C15H12N4O2S/c1-21-9-6-7-12-13(8-9)22-15(17-12)18-14(20)10-4-2-3-5-11(10)19-16/h2-8,16H,1H3,(H,17,18,20)/p+1. The van der Waals surface area contributed by atoms with E-state index in [0.29, 0.717) is 16.4 Å². The molecule has 0 aliphatic carbocycles. The molecule has 0 saturated carbocycles. The van der Waals surface area contributed by atoms with Crippen molar-refractivity contribution in [3.63, 3.8) is 0 Å². The van der Waals surface area contributed by atoms with Crippen LogP contribution < -0.4 is 15.6 Å². The first-order chi connectivity index (χ1) is 10.7. The zero-order chi connectivity index (χ0) is 15.5. The van der Waals surface area contributed by atoms with E-state index >= 15 is 0 Å². The zero-order valence-corrected chi connectivity index (χ0v) is 12.6. The molecule has 1 amide bonds. The summed E-state index contributed by atoms with van der Waals surface area (Å²) in [5, 5.41) is 6.89. The molecule has 3 aromatic rings. The Labute approximate surface area is 130 Å². The molecule has 22 heavy (non-hydrogen) atoms. The molecule has 7 heteroatoms. The van der Waals surface area contributed by atoms with E-state index in [9.17, 15) is 4.79 Å². The number of fused-ring (bicyclic) bond motifs is 1. The summed E-state index contributed by atoms with van der Waals surface area (Å²) in [5.41, 5.74) is 6.93. The van der Waals surface area contributed by atoms with Crippen LogP contribution in [-0.4, -0.2) is 18.0 Å². The summed E-state index contributed by atoms with van der Waals surface area (Å²) < 4.78 is 6.11. The van der Waals surface area contributed by atoms with Crippen molar-refractivity contribution in [2.45, 2.75) is 0 Å². The fraction of sp³-hybridized carbons (Fsp3) is 0.0667. The van der Waals surface area contributed by atoms with Gasteiger partial charge in [-0.3, -0.25) is 10.1 Å². The van der Waals surface area contributed by atoms with Crippen molar-refractivity contribution in [1.82, 2.24) is 4.98 Å². The highest BCUT2D eigenvalue weighted by atomic mass is 32.1. The van der Waals surface area contributed by atoms with Crippen LogP contribution >= 0.6 is 11.3 Å². The third-order valence-electron chi connectivity index (χ3n) is 3.10. The largest absolute Gasteiger partial charge is 0.497 e. The minimum atomic E-state index is -0.296. The number of nitrogens with zero attached hydrogens (tertiary/aromatic N) is 2. The molecule has 0 unspecified atom stereocenters. The third kappa shape index (κ3) is 2.66. The molecule has 110 valence electrons. The Bertz CT molecular complexity index is 860. The molecular formula is C15H13N4O2S+. The molecule has 6 nitrogen and oxygen atoms in total. The first-order valence-corrected chi connectivity index (χ1v) is 7.29. The average Bonchev–Trinajstić information content (AvgIpc) is 2.95. The lowest BCUT2D eigenvalue weighted by Crippen LogP contribution is -2.23. The summed E-state index contributed by atoms with van der Waals surface area (Å²) in [5.74, 6) is 0.456. The summed E-state index contributed by atoms with van der Waals surface area (Å²) in [6, 6.07) is 12.4. The molecule has 0 bridgehead atoms. The number of ether oxygens (including phenoxy) is 1. The normalized spacial score (nSPS) is 10.4. The van der Waals surface area contributed by atoms with Gasteiger partial charge in [0.2, 0.25) is 0 Å². The highest BCUT2D eigenvalue weighted by Crippen LogP contribution is 2.29. The highest BCUT2D eigenvalue weighted by Gasteiger charge is 2.14. The van der Waals surface area contributed by atoms with Crippen LogP contribution in [-0.2, 0) is 0 Å². The number of nitrogens with one attached hydrogen (secondary N) is 1. The molecule has 0 spiro atoms. The number of rotatable bonds is 4. The molecule has 0 radical (unpaired) electrons. The molecule has 3 rings (SSSR count). The number of hydrogen-bond acceptors (Lipinski definition) is 5. The first-order valence-electron chi connectivity index (χ1n) is 6.47. The van der Waals surface area contributed by atoms with E-state index in [1.165, 1.54) is 11.3 Å². The van der Waals surface area contributed by atoms with E-state index < -0.39 is 0 Å². The summed E-state index contributed by atoms with van der Waals surface area (Å²) in [7, 11) is 1.61. The molecule has 0 aliphatic heterocycles. The van der Waals surface area contributed by atoms with Gasteiger partial charge in [0.15, 0.2) is 5.13 Å². The van der Waals surface area contributed by atoms with Crippen molar-refractivity contribution in [1.29, 1.82) is 0 Å². The van der Waals surface area contributed by atoms with Crippen LogP contribution in [0.1, 0.15) is 10.4 Å². The Morgan fingerprint density at radius 1 is 1.32 bits per heavy atom. The smallest absolute Gasteiger partial charge is 0.259 e. The molecule has 1 aromatic heterocycles. The van der Waals surface area contributed by atoms with Crippen molar-refractivity contribution in [2.75, 3.05) is 12.4 Å². The van der Waals surface area contributed by atoms with Gasteiger partial charge < -0.3 is 4.74 Å². The van der Waals surface area contributed by atoms with Crippen molar-refractivity contribution in [3.8, 4) is 5.75 Å². The lowest BCUT2D eigenvalue weighted by Gasteiger charge is -2.02. The van der Waals surface area contributed by atoms with Crippen LogP contribution in [0.4, 0.5) is 10.8 Å². The van der Waals surface area contributed by atoms with Crippen LogP contribution in [0, 0.1) is 0 Å². The van der Waals surface area contributed by atoms with Crippen LogP contribution in [0.5, 0.6) is 5.75 Å². The number of methoxy groups -OCH3 is 1. The van der Waals surface area contributed by atoms with E-state index in [-0.39, 0.29) is 5.91 Å². The second-order valence-corrected chi connectivity index (χ2v) is 5.48. The lowest BCUT2D eigenvalue weighted by atomic mass is 10.2. The fourth-order valence-corrected chi connectivity index (χ4v) is 2.92. The quantitative estimate of drug-likeness (QED) is 0.725. The molecule has 0 saturated heterocycles. The molecule has 0 aliphatic rings. The third-order valence-corrected chi connectivity index (χ3v) is 4.04. The molecule has 2 aromatic carbocycles. The molecular weight excluding hydrogens is 300 g/mol. The van der Waals surface area contributed by atoms with E-state index in [1.807, 2.05) is 18.2 Å². The number of carbonyl (C=O) groups excluding carboxylic acids is 1. The van der Waals surface area contributed by atoms with Crippen molar-refractivity contribution < 1.29 is 15.1 Å². The van der Waals surface area contributed by atoms with Crippen LogP contribution in [0.15, 0.2) is 47.6 Å². The number of anilines is 1. The Morgan fingerprint density at radius 2 is 2.14 bits per heavy atom. The van der Waals surface area contributed by atoms with Gasteiger partial charge in [-0.25, -0.2) is 4.98 Å². The number of benzene rings is 2. The maximum atomic E-state index is 12.3. The van der Waals surface area contributed by atoms with Gasteiger partial charge in [-0.1, -0.05) is 23.5 Å². The monoisotopic (exact) mass is 313 g/mol. The Morgan fingerprint density at radius 3 is 2.91 bits per heavy atom. The van der Waals surface area contributed by atoms with E-state index in [2.05, 4.69) is 15.4 Å². The zero-order valence-electron chi connectivity index (χ0n) is 11.7. The summed E-state index contributed by atoms with van der Waals surface area (Å²) in [6.07, 6.45) is 0. The van der Waals surface area contributed by atoms with Crippen molar-refractivity contribution in [3.05, 3.63) is 48.0 Å². The number of hydrogen-bond donors (Lipinski definition) is 2. The maximum absolute atomic E-state index is 12.3. The molecule has 0 atom stereocenters. The van der Waals surface area contributed by atoms with E-state index in [0.717, 1.165) is 16.0 Å². The SMILES string of the molecule is COc1ccc2nc(NC(=O)c3ccccc3N=[NH2+])sc2c1. The number of aromatic nitrogens is 1. The lowest BCUT2D eigenvalue weighted by molar-refractivity contribution is -0.210. The highest BCUT2D eigenvalue weighted by molar-refractivity contribution is 7.22. The fourth-order valence-electron chi connectivity index (χ4n) is 2.03. The van der Waals surface area contributed by atoms with Crippen LogP contribution in [0.2, 0.25) is 0 Å². The maximum Gasteiger partial charge on any atom is 0.259 e. The topological polar surface area (TPSA) is 89.2 Å². The van der Waals surface area contributed by atoms with E-state index in [1.54, 1.807) is 31.4 Å². The summed E-state index contributed by atoms with van der Waals surface area (Å²) >= 11 is 1.38. The van der Waals surface area contributed by atoms with Gasteiger partial charge in [0, 0.05) is 0 Å². The minimum Gasteiger partial charge on any atom is -0.497 e. The second kappa shape index (κ2) is 5.90. The second-order valence-electron chi connectivity index (χ2n) is 4.45. The van der Waals surface area contributed by atoms with Crippen LogP contribution in [0.25, 0.3) is 10.2 Å². The predicted octanol–water partition coefficient (Wildman–Crippen LogP) is 2.40. The van der Waals surface area contributed by atoms with Crippen molar-refractivity contribution >= 4 is 38.3 Å². The number of carbonyl (C=O) groups is 1. The van der Waals surface area contributed by atoms with Gasteiger partial charge in [0.1, 0.15) is 11.4 Å². The first kappa shape index (κ1) is 14.2. The van der Waals surface area contributed by atoms with E-state index in [4.69, 9.17) is 10.3 Å². The van der Waals surface area contributed by atoms with Crippen LogP contribution in [0.3, 0.4) is 0 Å². The van der Waals surface area contributed by atoms with Gasteiger partial charge in [-0.05, 0) is 35.4 Å². The minimum absolute atomic E-state index is 0.296. The molecule has 1 heterocycles. The van der Waals surface area contributed by atoms with Gasteiger partial charge in [0.25, 0.3) is 5.91 Å². The Kier molecular flexibility index (Phi) is 3.80. The van der Waals surface area contributed by atoms with Gasteiger partial charge >= 0.3 is 0 Å². The van der Waals surface area contributed by atoms with Crippen molar-refractivity contribution in [2.24, 2.45) is 5.11 Å². The Hall–Kier alpha value is -2.80. The summed E-state index contributed by atoms with van der Waals surface area (Å²) in [4.78, 5) is 16.7.